The van der Waals surface area contributed by atoms with E-state index >= 15 is 0 Å². The molecule has 0 radical (unpaired) electrons. The summed E-state index contributed by atoms with van der Waals surface area (Å²) in [5.74, 6) is 0.426. The van der Waals surface area contributed by atoms with E-state index < -0.39 is 9.84 Å². The highest BCUT2D eigenvalue weighted by atomic mass is 32.2. The van der Waals surface area contributed by atoms with Crippen molar-refractivity contribution in [2.75, 3.05) is 18.6 Å². The first-order valence-electron chi connectivity index (χ1n) is 5.05. The molecule has 0 bridgehead atoms. The number of rotatable bonds is 1. The van der Waals surface area contributed by atoms with Gasteiger partial charge in [-0.15, -0.1) is 0 Å². The third-order valence-electron chi connectivity index (χ3n) is 2.97. The van der Waals surface area contributed by atoms with Crippen LogP contribution in [0.2, 0.25) is 0 Å². The molecular weight excluding hydrogens is 264 g/mol. The highest BCUT2D eigenvalue weighted by Crippen LogP contribution is 2.43. The van der Waals surface area contributed by atoms with Gasteiger partial charge in [0.2, 0.25) is 5.88 Å². The summed E-state index contributed by atoms with van der Waals surface area (Å²) in [5.41, 5.74) is -0.246. The molecule has 1 aromatic rings. The van der Waals surface area contributed by atoms with E-state index in [1.807, 2.05) is 0 Å². The van der Waals surface area contributed by atoms with Crippen molar-refractivity contribution in [1.29, 1.82) is 0 Å². The molecule has 92 valence electrons. The molecule has 17 heavy (non-hydrogen) atoms. The number of hydrogen-bond acceptors (Lipinski definition) is 6. The lowest BCUT2D eigenvalue weighted by Crippen LogP contribution is -2.26. The molecule has 2 atom stereocenters. The van der Waals surface area contributed by atoms with Crippen molar-refractivity contribution in [3.05, 3.63) is 16.4 Å². The van der Waals surface area contributed by atoms with Crippen molar-refractivity contribution in [3.8, 4) is 5.88 Å². The lowest BCUT2D eigenvalue weighted by Gasteiger charge is -2.09. The average Bonchev–Trinajstić information content (AvgIpc) is 2.68. The number of ether oxygens (including phenoxy) is 1. The summed E-state index contributed by atoms with van der Waals surface area (Å²) in [5, 5.41) is 0.464. The van der Waals surface area contributed by atoms with E-state index in [9.17, 15) is 13.2 Å². The van der Waals surface area contributed by atoms with Crippen LogP contribution in [0.4, 0.5) is 0 Å². The van der Waals surface area contributed by atoms with Gasteiger partial charge in [0, 0.05) is 5.25 Å². The molecule has 6 nitrogen and oxygen atoms in total. The first kappa shape index (κ1) is 11.1. The lowest BCUT2D eigenvalue weighted by atomic mass is 10.2. The molecule has 0 N–H and O–H groups in total. The highest BCUT2D eigenvalue weighted by Gasteiger charge is 2.45. The zero-order chi connectivity index (χ0) is 12.2. The monoisotopic (exact) mass is 274 g/mol. The molecule has 2 aliphatic heterocycles. The standard InChI is InChI=1S/C9H10N2O4S2/c1-15-7-2-8(12)11-5-3-17(13,14)4-6(5)16-9(11)10-7/h2,5-6H,3-4H2,1H3/t5-,6+/m1/s1. The number of methoxy groups -OCH3 is 1. The van der Waals surface area contributed by atoms with Crippen LogP contribution in [0, 0.1) is 0 Å². The van der Waals surface area contributed by atoms with Crippen molar-refractivity contribution in [2.24, 2.45) is 0 Å². The molecule has 0 saturated carbocycles. The van der Waals surface area contributed by atoms with E-state index in [1.165, 1.54) is 29.5 Å². The zero-order valence-corrected chi connectivity index (χ0v) is 10.6. The Morgan fingerprint density at radius 1 is 1.53 bits per heavy atom. The Balaban J connectivity index is 2.12. The maximum Gasteiger partial charge on any atom is 0.258 e. The van der Waals surface area contributed by atoms with Crippen molar-refractivity contribution < 1.29 is 13.2 Å². The van der Waals surface area contributed by atoms with E-state index in [2.05, 4.69) is 4.98 Å². The van der Waals surface area contributed by atoms with E-state index in [0.29, 0.717) is 5.16 Å². The predicted molar refractivity (Wildman–Crippen MR) is 62.4 cm³/mol. The second kappa shape index (κ2) is 3.49. The van der Waals surface area contributed by atoms with Crippen LogP contribution in [0.1, 0.15) is 6.04 Å². The van der Waals surface area contributed by atoms with E-state index in [-0.39, 0.29) is 34.2 Å². The van der Waals surface area contributed by atoms with Gasteiger partial charge in [-0.1, -0.05) is 11.8 Å². The fourth-order valence-electron chi connectivity index (χ4n) is 2.23. The maximum absolute atomic E-state index is 11.9. The number of fused-ring (bicyclic) bond motifs is 3. The van der Waals surface area contributed by atoms with Gasteiger partial charge in [0.25, 0.3) is 5.56 Å². The summed E-state index contributed by atoms with van der Waals surface area (Å²) in [6.45, 7) is 0. The number of nitrogens with zero attached hydrogens (tertiary/aromatic N) is 2. The summed E-state index contributed by atoms with van der Waals surface area (Å²) in [6.07, 6.45) is 0. The fraction of sp³-hybridized carbons (Fsp3) is 0.556. The van der Waals surface area contributed by atoms with Gasteiger partial charge in [-0.3, -0.25) is 9.36 Å². The lowest BCUT2D eigenvalue weighted by molar-refractivity contribution is 0.382. The quantitative estimate of drug-likeness (QED) is 0.654. The predicted octanol–water partition coefficient (Wildman–Crippen LogP) is -0.304. The molecular formula is C9H10N2O4S2. The topological polar surface area (TPSA) is 78.3 Å². The Kier molecular flexibility index (Phi) is 2.27. The summed E-state index contributed by atoms with van der Waals surface area (Å²) in [6, 6.07) is 1.02. The summed E-state index contributed by atoms with van der Waals surface area (Å²) in [7, 11) is -1.57. The molecule has 2 aliphatic rings. The minimum atomic E-state index is -3.02. The number of aromatic nitrogens is 2. The van der Waals surface area contributed by atoms with Crippen LogP contribution >= 0.6 is 11.8 Å². The highest BCUT2D eigenvalue weighted by molar-refractivity contribution is 8.02. The average molecular weight is 274 g/mol. The van der Waals surface area contributed by atoms with Gasteiger partial charge in [-0.05, 0) is 0 Å². The smallest absolute Gasteiger partial charge is 0.258 e. The van der Waals surface area contributed by atoms with Crippen LogP contribution in [-0.4, -0.2) is 41.8 Å². The largest absolute Gasteiger partial charge is 0.481 e. The van der Waals surface area contributed by atoms with Crippen LogP contribution in [0.5, 0.6) is 5.88 Å². The minimum absolute atomic E-state index is 0.0333. The molecule has 1 saturated heterocycles. The summed E-state index contributed by atoms with van der Waals surface area (Å²) < 4.78 is 29.4. The Morgan fingerprint density at radius 2 is 2.29 bits per heavy atom. The normalized spacial score (nSPS) is 28.8. The molecule has 0 unspecified atom stereocenters. The summed E-state index contributed by atoms with van der Waals surface area (Å²) in [4.78, 5) is 16.1. The first-order chi connectivity index (χ1) is 8.00. The molecule has 0 spiro atoms. The molecule has 1 aromatic heterocycles. The number of hydrogen-bond donors (Lipinski definition) is 0. The van der Waals surface area contributed by atoms with Gasteiger partial charge in [-0.2, -0.15) is 4.98 Å². The molecule has 0 aliphatic carbocycles. The van der Waals surface area contributed by atoms with Gasteiger partial charge < -0.3 is 4.74 Å². The Bertz CT molecular complexity index is 637. The van der Waals surface area contributed by atoms with Crippen LogP contribution in [0.3, 0.4) is 0 Å². The van der Waals surface area contributed by atoms with Crippen LogP contribution in [0.25, 0.3) is 0 Å². The SMILES string of the molecule is COc1cc(=O)n2c(n1)S[C@H]1CS(=O)(=O)C[C@H]12. The van der Waals surface area contributed by atoms with E-state index in [4.69, 9.17) is 4.74 Å². The Morgan fingerprint density at radius 3 is 3.00 bits per heavy atom. The molecule has 3 heterocycles. The molecule has 3 rings (SSSR count). The molecule has 0 amide bonds. The van der Waals surface area contributed by atoms with Crippen molar-refractivity contribution in [3.63, 3.8) is 0 Å². The minimum Gasteiger partial charge on any atom is -0.481 e. The first-order valence-corrected chi connectivity index (χ1v) is 7.75. The van der Waals surface area contributed by atoms with Gasteiger partial charge in [0.05, 0.1) is 30.7 Å². The molecule has 8 heteroatoms. The van der Waals surface area contributed by atoms with Gasteiger partial charge in [0.1, 0.15) is 0 Å². The molecule has 1 fully saturated rings. The maximum atomic E-state index is 11.9. The Labute approximate surface area is 102 Å². The van der Waals surface area contributed by atoms with E-state index in [1.54, 1.807) is 0 Å². The van der Waals surface area contributed by atoms with Crippen molar-refractivity contribution in [2.45, 2.75) is 16.4 Å². The van der Waals surface area contributed by atoms with Gasteiger partial charge in [0.15, 0.2) is 15.0 Å². The van der Waals surface area contributed by atoms with Crippen LogP contribution in [-0.2, 0) is 9.84 Å². The summed E-state index contributed by atoms with van der Waals surface area (Å²) >= 11 is 1.35. The zero-order valence-electron chi connectivity index (χ0n) is 8.99. The second-order valence-corrected chi connectivity index (χ2v) is 7.45. The van der Waals surface area contributed by atoms with Crippen LogP contribution < -0.4 is 10.3 Å². The van der Waals surface area contributed by atoms with Gasteiger partial charge >= 0.3 is 0 Å². The third kappa shape index (κ3) is 1.66. The Hall–Kier alpha value is -1.02. The van der Waals surface area contributed by atoms with Crippen LogP contribution in [0.15, 0.2) is 16.0 Å². The van der Waals surface area contributed by atoms with Crippen molar-refractivity contribution in [1.82, 2.24) is 9.55 Å². The van der Waals surface area contributed by atoms with Gasteiger partial charge in [-0.25, -0.2) is 8.42 Å². The number of thioether (sulfide) groups is 1. The number of sulfone groups is 1. The molecule has 0 aromatic carbocycles. The second-order valence-electron chi connectivity index (χ2n) is 4.09. The van der Waals surface area contributed by atoms with Crippen molar-refractivity contribution >= 4 is 21.6 Å². The fourth-order valence-corrected chi connectivity index (χ4v) is 6.13. The third-order valence-corrected chi connectivity index (χ3v) is 6.18. The van der Waals surface area contributed by atoms with E-state index in [0.717, 1.165) is 0 Å².